The zero-order valence-corrected chi connectivity index (χ0v) is 9.71. The molecular weight excluding hydrogens is 178 g/mol. The fraction of sp³-hybridized carbons (Fsp3) is 1.00. The number of rotatable bonds is 4. The first kappa shape index (κ1) is 12.0. The molecule has 0 aromatic heterocycles. The van der Waals surface area contributed by atoms with Gasteiger partial charge in [-0.25, -0.2) is 0 Å². The summed E-state index contributed by atoms with van der Waals surface area (Å²) in [6.07, 6.45) is 4.72. The highest BCUT2D eigenvalue weighted by molar-refractivity contribution is 4.73. The topological polar surface area (TPSA) is 21.7 Å². The van der Waals surface area contributed by atoms with Gasteiger partial charge in [0.1, 0.15) is 0 Å². The Balaban J connectivity index is 2.68. The summed E-state index contributed by atoms with van der Waals surface area (Å²) in [5.74, 6) is -0.444. The van der Waals surface area contributed by atoms with Gasteiger partial charge in [-0.3, -0.25) is 4.90 Å². The lowest BCUT2D eigenvalue weighted by atomic mass is 10.2. The molecule has 3 nitrogen and oxygen atoms in total. The van der Waals surface area contributed by atoms with Crippen LogP contribution in [0.4, 0.5) is 0 Å². The van der Waals surface area contributed by atoms with Gasteiger partial charge in [-0.2, -0.15) is 0 Å². The van der Waals surface area contributed by atoms with Crippen molar-refractivity contribution in [3.8, 4) is 0 Å². The van der Waals surface area contributed by atoms with Gasteiger partial charge in [-0.1, -0.05) is 6.42 Å². The Labute approximate surface area is 87.4 Å². The van der Waals surface area contributed by atoms with E-state index < -0.39 is 5.91 Å². The fourth-order valence-corrected chi connectivity index (χ4v) is 2.09. The maximum absolute atomic E-state index is 5.81. The van der Waals surface area contributed by atoms with E-state index in [9.17, 15) is 0 Å². The van der Waals surface area contributed by atoms with Crippen molar-refractivity contribution in [2.45, 2.75) is 45.4 Å². The Morgan fingerprint density at radius 2 is 1.71 bits per heavy atom. The van der Waals surface area contributed by atoms with Gasteiger partial charge in [0.25, 0.3) is 0 Å². The van der Waals surface area contributed by atoms with E-state index in [4.69, 9.17) is 9.47 Å². The minimum Gasteiger partial charge on any atom is -0.338 e. The molecule has 0 spiro atoms. The fourth-order valence-electron chi connectivity index (χ4n) is 2.09. The molecule has 0 saturated carbocycles. The van der Waals surface area contributed by atoms with Crippen molar-refractivity contribution < 1.29 is 9.47 Å². The Morgan fingerprint density at radius 3 is 2.29 bits per heavy atom. The average molecular weight is 201 g/mol. The molecule has 0 bridgehead atoms. The van der Waals surface area contributed by atoms with Crippen molar-refractivity contribution in [2.75, 3.05) is 26.8 Å². The van der Waals surface area contributed by atoms with Crippen molar-refractivity contribution in [1.29, 1.82) is 0 Å². The largest absolute Gasteiger partial charge is 0.338 e. The summed E-state index contributed by atoms with van der Waals surface area (Å²) in [6, 6.07) is 0. The summed E-state index contributed by atoms with van der Waals surface area (Å²) < 4.78 is 11.6. The van der Waals surface area contributed by atoms with Gasteiger partial charge in [0.05, 0.1) is 0 Å². The maximum atomic E-state index is 5.81. The minimum atomic E-state index is -0.444. The molecule has 0 aromatic carbocycles. The summed E-state index contributed by atoms with van der Waals surface area (Å²) in [7, 11) is 2.09. The molecule has 1 heterocycles. The molecule has 14 heavy (non-hydrogen) atoms. The average Bonchev–Trinajstić information content (AvgIpc) is 2.32. The van der Waals surface area contributed by atoms with Gasteiger partial charge in [0.2, 0.25) is 5.91 Å². The van der Waals surface area contributed by atoms with Gasteiger partial charge in [0.15, 0.2) is 0 Å². The first-order valence-electron chi connectivity index (χ1n) is 5.74. The highest BCUT2D eigenvalue weighted by Crippen LogP contribution is 2.28. The predicted molar refractivity (Wildman–Crippen MR) is 57.1 cm³/mol. The number of nitrogens with zero attached hydrogens (tertiary/aromatic N) is 1. The van der Waals surface area contributed by atoms with Crippen molar-refractivity contribution in [3.05, 3.63) is 0 Å². The molecule has 1 rings (SSSR count). The van der Waals surface area contributed by atoms with Crippen molar-refractivity contribution in [1.82, 2.24) is 4.90 Å². The molecule has 3 heteroatoms. The van der Waals surface area contributed by atoms with Crippen LogP contribution in [0.3, 0.4) is 0 Å². The molecule has 1 aliphatic heterocycles. The molecule has 0 atom stereocenters. The van der Waals surface area contributed by atoms with Crippen LogP contribution in [0.15, 0.2) is 0 Å². The SMILES string of the molecule is CCOC1(OCC)CCCCCN1C. The number of hydrogen-bond acceptors (Lipinski definition) is 3. The Morgan fingerprint density at radius 1 is 1.07 bits per heavy atom. The zero-order valence-electron chi connectivity index (χ0n) is 9.71. The molecule has 84 valence electrons. The highest BCUT2D eigenvalue weighted by Gasteiger charge is 2.36. The molecule has 0 aromatic rings. The van der Waals surface area contributed by atoms with Gasteiger partial charge < -0.3 is 9.47 Å². The Hall–Kier alpha value is -0.120. The monoisotopic (exact) mass is 201 g/mol. The minimum absolute atomic E-state index is 0.444. The maximum Gasteiger partial charge on any atom is 0.229 e. The quantitative estimate of drug-likeness (QED) is 0.651. The van der Waals surface area contributed by atoms with E-state index in [0.29, 0.717) is 13.2 Å². The van der Waals surface area contributed by atoms with E-state index in [0.717, 1.165) is 13.0 Å². The van der Waals surface area contributed by atoms with Crippen molar-refractivity contribution >= 4 is 0 Å². The summed E-state index contributed by atoms with van der Waals surface area (Å²) in [6.45, 7) is 6.55. The van der Waals surface area contributed by atoms with Crippen LogP contribution in [-0.4, -0.2) is 37.6 Å². The molecule has 0 unspecified atom stereocenters. The molecule has 0 N–H and O–H groups in total. The Kier molecular flexibility index (Phi) is 4.85. The third-order valence-corrected chi connectivity index (χ3v) is 2.81. The molecule has 1 fully saturated rings. The van der Waals surface area contributed by atoms with Gasteiger partial charge >= 0.3 is 0 Å². The van der Waals surface area contributed by atoms with Crippen LogP contribution in [0.25, 0.3) is 0 Å². The van der Waals surface area contributed by atoms with Crippen molar-refractivity contribution in [3.63, 3.8) is 0 Å². The summed E-state index contributed by atoms with van der Waals surface area (Å²) in [4.78, 5) is 2.22. The van der Waals surface area contributed by atoms with E-state index in [1.807, 2.05) is 13.8 Å². The summed E-state index contributed by atoms with van der Waals surface area (Å²) in [5, 5.41) is 0. The third kappa shape index (κ3) is 2.69. The standard InChI is InChI=1S/C11H23NO2/c1-4-13-11(14-5-2)9-7-6-8-10-12(11)3/h4-10H2,1-3H3. The first-order chi connectivity index (χ1) is 6.75. The lowest BCUT2D eigenvalue weighted by Crippen LogP contribution is -2.50. The molecule has 0 radical (unpaired) electrons. The molecule has 1 aliphatic rings. The van der Waals surface area contributed by atoms with Crippen LogP contribution < -0.4 is 0 Å². The highest BCUT2D eigenvalue weighted by atomic mass is 16.7. The first-order valence-corrected chi connectivity index (χ1v) is 5.74. The molecule has 0 aliphatic carbocycles. The molecule has 0 amide bonds. The van der Waals surface area contributed by atoms with Gasteiger partial charge in [0, 0.05) is 26.2 Å². The van der Waals surface area contributed by atoms with E-state index in [1.165, 1.54) is 19.3 Å². The van der Waals surface area contributed by atoms with E-state index in [2.05, 4.69) is 11.9 Å². The van der Waals surface area contributed by atoms with E-state index in [1.54, 1.807) is 0 Å². The normalized spacial score (nSPS) is 23.4. The van der Waals surface area contributed by atoms with E-state index >= 15 is 0 Å². The molecule has 1 saturated heterocycles. The molecular formula is C11H23NO2. The van der Waals surface area contributed by atoms with Crippen LogP contribution in [-0.2, 0) is 9.47 Å². The second kappa shape index (κ2) is 5.69. The van der Waals surface area contributed by atoms with E-state index in [-0.39, 0.29) is 0 Å². The number of hydrogen-bond donors (Lipinski definition) is 0. The second-order valence-corrected chi connectivity index (χ2v) is 3.81. The van der Waals surface area contributed by atoms with Crippen LogP contribution in [0, 0.1) is 0 Å². The lowest BCUT2D eigenvalue weighted by Gasteiger charge is -2.39. The third-order valence-electron chi connectivity index (χ3n) is 2.81. The van der Waals surface area contributed by atoms with Crippen LogP contribution in [0.1, 0.15) is 39.5 Å². The predicted octanol–water partition coefficient (Wildman–Crippen LogP) is 2.22. The smallest absolute Gasteiger partial charge is 0.229 e. The summed E-state index contributed by atoms with van der Waals surface area (Å²) >= 11 is 0. The summed E-state index contributed by atoms with van der Waals surface area (Å²) in [5.41, 5.74) is 0. The lowest BCUT2D eigenvalue weighted by molar-refractivity contribution is -0.310. The van der Waals surface area contributed by atoms with Gasteiger partial charge in [-0.15, -0.1) is 0 Å². The second-order valence-electron chi connectivity index (χ2n) is 3.81. The Bertz CT molecular complexity index is 155. The van der Waals surface area contributed by atoms with Crippen LogP contribution >= 0.6 is 0 Å². The van der Waals surface area contributed by atoms with Crippen LogP contribution in [0.5, 0.6) is 0 Å². The van der Waals surface area contributed by atoms with Gasteiger partial charge in [-0.05, 0) is 33.7 Å². The van der Waals surface area contributed by atoms with Crippen LogP contribution in [0.2, 0.25) is 0 Å². The number of likely N-dealkylation sites (tertiary alicyclic amines) is 1. The zero-order chi connectivity index (χ0) is 10.4. The van der Waals surface area contributed by atoms with Crippen molar-refractivity contribution in [2.24, 2.45) is 0 Å². The number of ether oxygens (including phenoxy) is 2.